The molecule has 0 aromatic rings. The second-order valence-corrected chi connectivity index (χ2v) is 2.01. The van der Waals surface area contributed by atoms with Crippen LogP contribution in [0.15, 0.2) is 0 Å². The van der Waals surface area contributed by atoms with Crippen molar-refractivity contribution in [2.45, 2.75) is 18.9 Å². The Kier molecular flexibility index (Phi) is 4.82. The number of rotatable bonds is 5. The van der Waals surface area contributed by atoms with Gasteiger partial charge in [0, 0.05) is 6.42 Å². The number of carboxylic acids is 1. The Morgan fingerprint density at radius 1 is 1.80 bits per heavy atom. The maximum absolute atomic E-state index is 10.2. The van der Waals surface area contributed by atoms with Crippen molar-refractivity contribution < 1.29 is 15.4 Å². The quantitative estimate of drug-likeness (QED) is 0.402. The maximum atomic E-state index is 10.2. The zero-order valence-electron chi connectivity index (χ0n) is 5.62. The van der Waals surface area contributed by atoms with Gasteiger partial charge in [0.25, 0.3) is 0 Å². The van der Waals surface area contributed by atoms with Gasteiger partial charge in [0.1, 0.15) is 0 Å². The van der Waals surface area contributed by atoms with Crippen LogP contribution in [0, 0.1) is 5.21 Å². The predicted octanol–water partition coefficient (Wildman–Crippen LogP) is -1.76. The van der Waals surface area contributed by atoms with Crippen molar-refractivity contribution >= 4 is 5.97 Å². The molecule has 10 heavy (non-hydrogen) atoms. The van der Waals surface area contributed by atoms with Crippen LogP contribution in [0.5, 0.6) is 0 Å². The van der Waals surface area contributed by atoms with Gasteiger partial charge < -0.3 is 21.5 Å². The lowest BCUT2D eigenvalue weighted by atomic mass is 10.2. The topological polar surface area (TPSA) is 103 Å². The van der Waals surface area contributed by atoms with Crippen molar-refractivity contribution in [2.24, 2.45) is 5.73 Å². The summed E-state index contributed by atoms with van der Waals surface area (Å²) in [6.45, 7) is 0.428. The molecule has 0 aromatic heterocycles. The van der Waals surface area contributed by atoms with Gasteiger partial charge in [0.15, 0.2) is 6.04 Å². The molecule has 60 valence electrons. The molecule has 0 spiro atoms. The summed E-state index contributed by atoms with van der Waals surface area (Å²) < 4.78 is 0. The smallest absolute Gasteiger partial charge is 0.362 e. The first-order valence-corrected chi connectivity index (χ1v) is 3.10. The van der Waals surface area contributed by atoms with E-state index in [-0.39, 0.29) is 0 Å². The zero-order valence-corrected chi connectivity index (χ0v) is 5.62. The van der Waals surface area contributed by atoms with Crippen molar-refractivity contribution in [3.05, 3.63) is 5.21 Å². The van der Waals surface area contributed by atoms with Crippen LogP contribution in [0.1, 0.15) is 12.8 Å². The van der Waals surface area contributed by atoms with Crippen LogP contribution >= 0.6 is 0 Å². The van der Waals surface area contributed by atoms with Crippen molar-refractivity contribution in [3.63, 3.8) is 0 Å². The van der Waals surface area contributed by atoms with E-state index in [0.717, 1.165) is 0 Å². The third kappa shape index (κ3) is 3.39. The number of hydrogen-bond acceptors (Lipinski definition) is 3. The van der Waals surface area contributed by atoms with Gasteiger partial charge in [-0.25, -0.2) is 4.79 Å². The molecular weight excluding hydrogens is 136 g/mol. The fourth-order valence-corrected chi connectivity index (χ4v) is 0.587. The Hall–Kier alpha value is -0.650. The summed E-state index contributed by atoms with van der Waals surface area (Å²) in [4.78, 5) is 10.2. The second-order valence-electron chi connectivity index (χ2n) is 2.01. The first kappa shape index (κ1) is 9.35. The summed E-state index contributed by atoms with van der Waals surface area (Å²) in [5.74, 6) is -1.07. The highest BCUT2D eigenvalue weighted by Gasteiger charge is 2.15. The number of hydroxylamine groups is 1. The minimum atomic E-state index is -1.07. The Morgan fingerprint density at radius 2 is 2.40 bits per heavy atom. The van der Waals surface area contributed by atoms with Crippen LogP contribution in [0.25, 0.3) is 0 Å². The number of nitrogens with two attached hydrogens (primary N) is 2. The van der Waals surface area contributed by atoms with Gasteiger partial charge in [0.05, 0.1) is 0 Å². The first-order chi connectivity index (χ1) is 4.72. The van der Waals surface area contributed by atoms with E-state index in [1.807, 2.05) is 0 Å². The predicted molar refractivity (Wildman–Crippen MR) is 35.0 cm³/mol. The summed E-state index contributed by atoms with van der Waals surface area (Å²) >= 11 is 0. The van der Waals surface area contributed by atoms with E-state index in [9.17, 15) is 10.0 Å². The Bertz CT molecular complexity index is 107. The number of carboxylic acid groups (broad SMARTS) is 1. The average Bonchev–Trinajstić information content (AvgIpc) is 1.89. The van der Waals surface area contributed by atoms with Crippen LogP contribution in [0.4, 0.5) is 0 Å². The second kappa shape index (κ2) is 5.16. The van der Waals surface area contributed by atoms with E-state index in [0.29, 0.717) is 24.9 Å². The first-order valence-electron chi connectivity index (χ1n) is 3.10. The number of aliphatic carboxylic acids is 1. The van der Waals surface area contributed by atoms with Gasteiger partial charge in [-0.05, 0) is 13.0 Å². The van der Waals surface area contributed by atoms with Crippen molar-refractivity contribution in [1.29, 1.82) is 0 Å². The van der Waals surface area contributed by atoms with Gasteiger partial charge in [-0.15, -0.1) is 0 Å². The fraction of sp³-hybridized carbons (Fsp3) is 0.800. The lowest BCUT2D eigenvalue weighted by Gasteiger charge is -2.10. The molecular formula is C5H12N2O3. The monoisotopic (exact) mass is 148 g/mol. The van der Waals surface area contributed by atoms with Gasteiger partial charge in [0.2, 0.25) is 0 Å². The van der Waals surface area contributed by atoms with Crippen molar-refractivity contribution in [2.75, 3.05) is 6.54 Å². The van der Waals surface area contributed by atoms with Gasteiger partial charge in [-0.3, -0.25) is 0 Å². The van der Waals surface area contributed by atoms with E-state index in [1.54, 1.807) is 0 Å². The van der Waals surface area contributed by atoms with E-state index in [2.05, 4.69) is 0 Å². The maximum Gasteiger partial charge on any atom is 0.362 e. The van der Waals surface area contributed by atoms with Crippen LogP contribution in [-0.4, -0.2) is 23.7 Å². The van der Waals surface area contributed by atoms with E-state index < -0.39 is 12.0 Å². The molecule has 0 fully saturated rings. The third-order valence-electron chi connectivity index (χ3n) is 1.20. The summed E-state index contributed by atoms with van der Waals surface area (Å²) in [5.41, 5.74) is 5.57. The molecule has 5 nitrogen and oxygen atoms in total. The normalized spacial score (nSPS) is 13.0. The van der Waals surface area contributed by atoms with Gasteiger partial charge in [-0.2, -0.15) is 0 Å². The molecule has 0 amide bonds. The largest absolute Gasteiger partial charge is 0.635 e. The molecule has 0 aliphatic rings. The molecule has 5 N–H and O–H groups in total. The highest BCUT2D eigenvalue weighted by Crippen LogP contribution is 1.90. The van der Waals surface area contributed by atoms with Crippen LogP contribution < -0.4 is 11.2 Å². The fourth-order valence-electron chi connectivity index (χ4n) is 0.587. The van der Waals surface area contributed by atoms with Crippen LogP contribution in [0.3, 0.4) is 0 Å². The minimum absolute atomic E-state index is 0.343. The molecule has 5 heteroatoms. The zero-order chi connectivity index (χ0) is 7.98. The van der Waals surface area contributed by atoms with Crippen molar-refractivity contribution in [3.8, 4) is 0 Å². The molecule has 0 rings (SSSR count). The average molecular weight is 148 g/mol. The summed E-state index contributed by atoms with van der Waals surface area (Å²) in [6, 6.07) is -0.872. The highest BCUT2D eigenvalue weighted by molar-refractivity contribution is 5.71. The SMILES string of the molecule is NCCC[C@H]([NH2+][O-])C(=O)O. The van der Waals surface area contributed by atoms with Gasteiger partial charge in [-0.1, -0.05) is 0 Å². The summed E-state index contributed by atoms with van der Waals surface area (Å²) in [5, 5.41) is 18.4. The summed E-state index contributed by atoms with van der Waals surface area (Å²) in [7, 11) is 0. The molecule has 0 saturated carbocycles. The van der Waals surface area contributed by atoms with E-state index in [4.69, 9.17) is 10.8 Å². The van der Waals surface area contributed by atoms with Gasteiger partial charge >= 0.3 is 5.97 Å². The molecule has 0 aliphatic carbocycles. The molecule has 0 unspecified atom stereocenters. The minimum Gasteiger partial charge on any atom is -0.635 e. The molecule has 0 heterocycles. The van der Waals surface area contributed by atoms with E-state index >= 15 is 0 Å². The number of hydrogen-bond donors (Lipinski definition) is 3. The van der Waals surface area contributed by atoms with Crippen molar-refractivity contribution in [1.82, 2.24) is 0 Å². The molecule has 0 aliphatic heterocycles. The Morgan fingerprint density at radius 3 is 2.70 bits per heavy atom. The molecule has 0 radical (unpaired) electrons. The van der Waals surface area contributed by atoms with E-state index in [1.165, 1.54) is 0 Å². The van der Waals surface area contributed by atoms with Crippen LogP contribution in [-0.2, 0) is 4.79 Å². The third-order valence-corrected chi connectivity index (χ3v) is 1.20. The van der Waals surface area contributed by atoms with Crippen LogP contribution in [0.2, 0.25) is 0 Å². The lowest BCUT2D eigenvalue weighted by Crippen LogP contribution is -2.86. The molecule has 0 bridgehead atoms. The summed E-state index contributed by atoms with van der Waals surface area (Å²) in [6.07, 6.45) is 0.922. The Balaban J connectivity index is 3.50. The lowest BCUT2D eigenvalue weighted by molar-refractivity contribution is -0.616. The highest BCUT2D eigenvalue weighted by atomic mass is 16.5. The molecule has 1 atom stereocenters. The number of carbonyl (C=O) groups is 1. The molecule has 0 saturated heterocycles. The molecule has 0 aromatic carbocycles. The standard InChI is InChI=1S/C5H12N2O3/c6-3-1-2-4(7-10)5(8)9/h4H,1-3,6-7H2,(H,8,9)/t4-/m0/s1. The Labute approximate surface area is 58.8 Å². The number of quaternary nitrogens is 1.